The summed E-state index contributed by atoms with van der Waals surface area (Å²) in [5, 5.41) is 7.42. The minimum absolute atomic E-state index is 0.434. The molecule has 1 aliphatic heterocycles. The molecular weight excluding hydrogens is 132 g/mol. The molecule has 5 nitrogen and oxygen atoms in total. The fourth-order valence-corrected chi connectivity index (χ4v) is 0.889. The molecule has 1 saturated heterocycles. The summed E-state index contributed by atoms with van der Waals surface area (Å²) < 4.78 is 6.57. The first-order valence-electron chi connectivity index (χ1n) is 3.05. The molecule has 2 N–H and O–H groups in total. The monoisotopic (exact) mass is 140 g/mol. The van der Waals surface area contributed by atoms with Crippen LogP contribution in [0, 0.1) is 0 Å². The molecule has 0 aliphatic carbocycles. The van der Waals surface area contributed by atoms with E-state index in [0.29, 0.717) is 13.2 Å². The molecular formula is C5H8N4O. The number of nitrogens with two attached hydrogens (primary N) is 1. The van der Waals surface area contributed by atoms with Crippen molar-refractivity contribution in [1.29, 1.82) is 0 Å². The Morgan fingerprint density at radius 3 is 2.80 bits per heavy atom. The molecule has 1 aromatic heterocycles. The van der Waals surface area contributed by atoms with Crippen molar-refractivity contribution < 1.29 is 4.74 Å². The van der Waals surface area contributed by atoms with E-state index in [4.69, 9.17) is 10.5 Å². The predicted molar refractivity (Wildman–Crippen MR) is 33.0 cm³/mol. The first kappa shape index (κ1) is 5.82. The van der Waals surface area contributed by atoms with Crippen LogP contribution in [0.4, 0.5) is 0 Å². The molecule has 0 saturated carbocycles. The molecule has 54 valence electrons. The molecule has 2 heterocycles. The van der Waals surface area contributed by atoms with E-state index in [1.807, 2.05) is 0 Å². The van der Waals surface area contributed by atoms with Crippen molar-refractivity contribution >= 4 is 0 Å². The second-order valence-corrected chi connectivity index (χ2v) is 2.44. The van der Waals surface area contributed by atoms with Gasteiger partial charge in [0.05, 0.1) is 19.4 Å². The SMILES string of the molecule is NC1(n2ccnn2)COC1. The maximum atomic E-state index is 5.80. The van der Waals surface area contributed by atoms with Gasteiger partial charge in [-0.1, -0.05) is 5.21 Å². The Kier molecular flexibility index (Phi) is 1.03. The normalized spacial score (nSPS) is 22.1. The van der Waals surface area contributed by atoms with E-state index in [0.717, 1.165) is 0 Å². The molecule has 0 bridgehead atoms. The van der Waals surface area contributed by atoms with Gasteiger partial charge in [0.15, 0.2) is 5.66 Å². The van der Waals surface area contributed by atoms with Crippen molar-refractivity contribution in [1.82, 2.24) is 15.0 Å². The highest BCUT2D eigenvalue weighted by atomic mass is 16.5. The zero-order valence-corrected chi connectivity index (χ0v) is 5.40. The maximum absolute atomic E-state index is 5.80. The number of rotatable bonds is 1. The summed E-state index contributed by atoms with van der Waals surface area (Å²) in [5.74, 6) is 0. The fourth-order valence-electron chi connectivity index (χ4n) is 0.889. The van der Waals surface area contributed by atoms with Crippen LogP contribution in [0.2, 0.25) is 0 Å². The van der Waals surface area contributed by atoms with Gasteiger partial charge < -0.3 is 10.5 Å². The quantitative estimate of drug-likeness (QED) is 0.538. The van der Waals surface area contributed by atoms with Crippen LogP contribution in [0.15, 0.2) is 12.4 Å². The van der Waals surface area contributed by atoms with Crippen molar-refractivity contribution in [3.05, 3.63) is 12.4 Å². The molecule has 5 heteroatoms. The lowest BCUT2D eigenvalue weighted by Gasteiger charge is -2.36. The molecule has 10 heavy (non-hydrogen) atoms. The van der Waals surface area contributed by atoms with E-state index < -0.39 is 5.66 Å². The lowest BCUT2D eigenvalue weighted by molar-refractivity contribution is -0.104. The molecule has 1 fully saturated rings. The maximum Gasteiger partial charge on any atom is 0.158 e. The van der Waals surface area contributed by atoms with Gasteiger partial charge in [0.2, 0.25) is 0 Å². The third-order valence-corrected chi connectivity index (χ3v) is 1.58. The number of aromatic nitrogens is 3. The van der Waals surface area contributed by atoms with Gasteiger partial charge in [-0.05, 0) is 0 Å². The van der Waals surface area contributed by atoms with Gasteiger partial charge in [-0.3, -0.25) is 0 Å². The second-order valence-electron chi connectivity index (χ2n) is 2.44. The van der Waals surface area contributed by atoms with Crippen LogP contribution < -0.4 is 5.73 Å². The fraction of sp³-hybridized carbons (Fsp3) is 0.600. The standard InChI is InChI=1S/C5H8N4O/c6-5(3-10-4-5)9-2-1-7-8-9/h1-2H,3-4,6H2. The molecule has 0 atom stereocenters. The Labute approximate surface area is 57.8 Å². The van der Waals surface area contributed by atoms with Gasteiger partial charge in [-0.15, -0.1) is 5.10 Å². The number of hydrogen-bond acceptors (Lipinski definition) is 4. The number of hydrogen-bond donors (Lipinski definition) is 1. The third kappa shape index (κ3) is 0.644. The molecule has 0 radical (unpaired) electrons. The molecule has 2 rings (SSSR count). The highest BCUT2D eigenvalue weighted by molar-refractivity contribution is 4.86. The Bertz CT molecular complexity index is 216. The minimum Gasteiger partial charge on any atom is -0.373 e. The van der Waals surface area contributed by atoms with Crippen LogP contribution >= 0.6 is 0 Å². The second kappa shape index (κ2) is 1.77. The molecule has 0 amide bonds. The zero-order chi connectivity index (χ0) is 7.03. The zero-order valence-electron chi connectivity index (χ0n) is 5.40. The van der Waals surface area contributed by atoms with Crippen molar-refractivity contribution in [3.8, 4) is 0 Å². The Hall–Kier alpha value is -0.940. The van der Waals surface area contributed by atoms with E-state index in [1.54, 1.807) is 17.1 Å². The van der Waals surface area contributed by atoms with Crippen molar-refractivity contribution in [3.63, 3.8) is 0 Å². The van der Waals surface area contributed by atoms with Crippen LogP contribution in [0.1, 0.15) is 0 Å². The summed E-state index contributed by atoms with van der Waals surface area (Å²) in [5.41, 5.74) is 5.37. The number of ether oxygens (including phenoxy) is 1. The van der Waals surface area contributed by atoms with Gasteiger partial charge in [0.1, 0.15) is 0 Å². The largest absolute Gasteiger partial charge is 0.373 e. The summed E-state index contributed by atoms with van der Waals surface area (Å²) >= 11 is 0. The predicted octanol–water partition coefficient (Wildman–Crippen LogP) is -1.08. The van der Waals surface area contributed by atoms with Gasteiger partial charge in [-0.2, -0.15) is 0 Å². The summed E-state index contributed by atoms with van der Waals surface area (Å²) in [6, 6.07) is 0. The van der Waals surface area contributed by atoms with E-state index >= 15 is 0 Å². The van der Waals surface area contributed by atoms with Crippen molar-refractivity contribution in [2.75, 3.05) is 13.2 Å². The van der Waals surface area contributed by atoms with Gasteiger partial charge in [0, 0.05) is 6.20 Å². The van der Waals surface area contributed by atoms with Crippen LogP contribution in [0.5, 0.6) is 0 Å². The summed E-state index contributed by atoms with van der Waals surface area (Å²) in [6.45, 7) is 1.05. The Morgan fingerprint density at radius 1 is 1.60 bits per heavy atom. The molecule has 1 aliphatic rings. The number of nitrogens with zero attached hydrogens (tertiary/aromatic N) is 3. The third-order valence-electron chi connectivity index (χ3n) is 1.58. The van der Waals surface area contributed by atoms with Gasteiger partial charge in [0.25, 0.3) is 0 Å². The van der Waals surface area contributed by atoms with E-state index in [-0.39, 0.29) is 0 Å². The van der Waals surface area contributed by atoms with Crippen molar-refractivity contribution in [2.24, 2.45) is 5.73 Å². The van der Waals surface area contributed by atoms with Crippen molar-refractivity contribution in [2.45, 2.75) is 5.66 Å². The lowest BCUT2D eigenvalue weighted by Crippen LogP contribution is -2.59. The Morgan fingerprint density at radius 2 is 2.40 bits per heavy atom. The molecule has 1 aromatic rings. The van der Waals surface area contributed by atoms with Crippen LogP contribution in [0.3, 0.4) is 0 Å². The summed E-state index contributed by atoms with van der Waals surface area (Å²) in [7, 11) is 0. The van der Waals surface area contributed by atoms with Crippen LogP contribution in [-0.4, -0.2) is 28.2 Å². The van der Waals surface area contributed by atoms with Crippen LogP contribution in [-0.2, 0) is 10.4 Å². The molecule has 0 unspecified atom stereocenters. The van der Waals surface area contributed by atoms with E-state index in [9.17, 15) is 0 Å². The van der Waals surface area contributed by atoms with E-state index in [1.165, 1.54) is 0 Å². The minimum atomic E-state index is -0.434. The first-order valence-corrected chi connectivity index (χ1v) is 3.05. The van der Waals surface area contributed by atoms with Gasteiger partial charge >= 0.3 is 0 Å². The average Bonchev–Trinajstić information content (AvgIpc) is 2.33. The summed E-state index contributed by atoms with van der Waals surface area (Å²) in [6.07, 6.45) is 3.34. The van der Waals surface area contributed by atoms with Crippen LogP contribution in [0.25, 0.3) is 0 Å². The highest BCUT2D eigenvalue weighted by Crippen LogP contribution is 2.17. The lowest BCUT2D eigenvalue weighted by atomic mass is 10.1. The van der Waals surface area contributed by atoms with Gasteiger partial charge in [-0.25, -0.2) is 4.68 Å². The van der Waals surface area contributed by atoms with E-state index in [2.05, 4.69) is 10.3 Å². The highest BCUT2D eigenvalue weighted by Gasteiger charge is 2.36. The topological polar surface area (TPSA) is 66.0 Å². The molecule has 0 spiro atoms. The smallest absolute Gasteiger partial charge is 0.158 e. The Balaban J connectivity index is 2.27. The molecule has 0 aromatic carbocycles. The summed E-state index contributed by atoms with van der Waals surface area (Å²) in [4.78, 5) is 0. The average molecular weight is 140 g/mol. The first-order chi connectivity index (χ1) is 4.81.